The molecule has 2 aliphatic carbocycles. The molecule has 31 heavy (non-hydrogen) atoms. The van der Waals surface area contributed by atoms with E-state index in [9.17, 15) is 19.2 Å². The number of primary amides is 1. The molecule has 166 valence electrons. The van der Waals surface area contributed by atoms with Crippen LogP contribution in [0.2, 0.25) is 0 Å². The van der Waals surface area contributed by atoms with Crippen LogP contribution in [0.3, 0.4) is 0 Å². The summed E-state index contributed by atoms with van der Waals surface area (Å²) < 4.78 is 5.85. The largest absolute Gasteiger partial charge is 0.474 e. The fraction of sp³-hybridized carbons (Fsp3) is 0.550. The zero-order valence-electron chi connectivity index (χ0n) is 16.9. The van der Waals surface area contributed by atoms with Crippen LogP contribution in [0.1, 0.15) is 48.9 Å². The van der Waals surface area contributed by atoms with Crippen LogP contribution < -0.4 is 21.1 Å². The van der Waals surface area contributed by atoms with Crippen LogP contribution in [0.15, 0.2) is 18.3 Å². The molecule has 0 aromatic carbocycles. The van der Waals surface area contributed by atoms with Gasteiger partial charge in [0.15, 0.2) is 0 Å². The van der Waals surface area contributed by atoms with Gasteiger partial charge in [0.05, 0.1) is 0 Å². The van der Waals surface area contributed by atoms with Crippen LogP contribution in [0.5, 0.6) is 5.88 Å². The summed E-state index contributed by atoms with van der Waals surface area (Å²) in [6.45, 7) is 0.233. The number of urea groups is 1. The maximum Gasteiger partial charge on any atom is 0.404 e. The first-order chi connectivity index (χ1) is 14.8. The lowest BCUT2D eigenvalue weighted by Crippen LogP contribution is -2.60. The van der Waals surface area contributed by atoms with Gasteiger partial charge < -0.3 is 26.2 Å². The van der Waals surface area contributed by atoms with Gasteiger partial charge in [0, 0.05) is 18.8 Å². The highest BCUT2D eigenvalue weighted by Crippen LogP contribution is 2.58. The molecule has 2 saturated carbocycles. The highest BCUT2D eigenvalue weighted by molar-refractivity contribution is 6.04. The van der Waals surface area contributed by atoms with Gasteiger partial charge in [-0.3, -0.25) is 14.5 Å². The smallest absolute Gasteiger partial charge is 0.404 e. The summed E-state index contributed by atoms with van der Waals surface area (Å²) in [6, 6.07) is 2.08. The van der Waals surface area contributed by atoms with Crippen molar-refractivity contribution in [2.75, 3.05) is 6.54 Å². The molecular weight excluding hydrogens is 406 g/mol. The monoisotopic (exact) mass is 431 g/mol. The van der Waals surface area contributed by atoms with E-state index >= 15 is 0 Å². The first kappa shape index (κ1) is 20.9. The van der Waals surface area contributed by atoms with Gasteiger partial charge in [-0.25, -0.2) is 14.6 Å². The highest BCUT2D eigenvalue weighted by atomic mass is 16.5. The van der Waals surface area contributed by atoms with Crippen molar-refractivity contribution in [1.82, 2.24) is 20.5 Å². The third-order valence-corrected chi connectivity index (χ3v) is 6.34. The quantitative estimate of drug-likeness (QED) is 0.350. The molecule has 0 radical (unpaired) electrons. The fourth-order valence-corrected chi connectivity index (χ4v) is 4.87. The van der Waals surface area contributed by atoms with Gasteiger partial charge in [-0.05, 0) is 56.1 Å². The van der Waals surface area contributed by atoms with Crippen LogP contribution in [0.25, 0.3) is 0 Å². The molecule has 5 N–H and O–H groups in total. The lowest BCUT2D eigenvalue weighted by Gasteiger charge is -2.58. The summed E-state index contributed by atoms with van der Waals surface area (Å²) in [6.07, 6.45) is 4.20. The molecule has 4 rings (SSSR count). The number of hydrogen-bond donors (Lipinski definition) is 4. The third-order valence-electron chi connectivity index (χ3n) is 6.34. The maximum absolute atomic E-state index is 12.6. The fourth-order valence-electron chi connectivity index (χ4n) is 4.87. The lowest BCUT2D eigenvalue weighted by molar-refractivity contribution is -0.140. The molecule has 11 heteroatoms. The Labute approximate surface area is 178 Å². The predicted molar refractivity (Wildman–Crippen MR) is 106 cm³/mol. The van der Waals surface area contributed by atoms with Crippen LogP contribution >= 0.6 is 0 Å². The number of ether oxygens (including phenoxy) is 1. The number of hydrogen-bond acceptors (Lipinski definition) is 6. The normalized spacial score (nSPS) is 29.2. The van der Waals surface area contributed by atoms with Crippen LogP contribution in [-0.2, 0) is 4.79 Å². The van der Waals surface area contributed by atoms with Gasteiger partial charge in [-0.15, -0.1) is 0 Å². The Morgan fingerprint density at radius 3 is 2.74 bits per heavy atom. The van der Waals surface area contributed by atoms with E-state index in [2.05, 4.69) is 15.6 Å². The number of imide groups is 1. The Bertz CT molecular complexity index is 907. The number of amides is 5. The van der Waals surface area contributed by atoms with E-state index in [1.807, 2.05) is 0 Å². The Morgan fingerprint density at radius 1 is 1.32 bits per heavy atom. The first-order valence-corrected chi connectivity index (χ1v) is 10.3. The predicted octanol–water partition coefficient (Wildman–Crippen LogP) is 0.839. The Balaban J connectivity index is 1.24. The van der Waals surface area contributed by atoms with Crippen molar-refractivity contribution >= 4 is 23.9 Å². The maximum atomic E-state index is 12.6. The van der Waals surface area contributed by atoms with Gasteiger partial charge in [0.1, 0.15) is 17.7 Å². The topological polar surface area (TPSA) is 164 Å². The molecule has 1 spiro atoms. The number of pyridine rings is 1. The van der Waals surface area contributed by atoms with E-state index in [1.165, 1.54) is 4.90 Å². The van der Waals surface area contributed by atoms with Crippen molar-refractivity contribution < 1.29 is 29.0 Å². The number of nitrogens with zero attached hydrogens (tertiary/aromatic N) is 2. The second-order valence-corrected chi connectivity index (χ2v) is 8.52. The molecule has 1 aromatic heterocycles. The van der Waals surface area contributed by atoms with E-state index in [0.717, 1.165) is 25.7 Å². The van der Waals surface area contributed by atoms with Crippen LogP contribution in [0.4, 0.5) is 9.59 Å². The Kier molecular flexibility index (Phi) is 5.42. The highest BCUT2D eigenvalue weighted by Gasteiger charge is 2.58. The molecule has 0 bridgehead atoms. The van der Waals surface area contributed by atoms with Gasteiger partial charge in [0.25, 0.3) is 11.8 Å². The number of aromatic nitrogens is 1. The molecule has 1 unspecified atom stereocenters. The number of nitrogens with one attached hydrogen (secondary N) is 2. The molecule has 1 atom stereocenters. The second-order valence-electron chi connectivity index (χ2n) is 8.52. The Hall–Kier alpha value is -3.37. The molecular formula is C20H25N5O6. The zero-order valence-corrected chi connectivity index (χ0v) is 16.9. The number of carbonyl (C=O) groups excluding carboxylic acids is 3. The average Bonchev–Trinajstić information content (AvgIpc) is 2.93. The zero-order chi connectivity index (χ0) is 22.2. The number of nitrogens with two attached hydrogens (primary N) is 1. The van der Waals surface area contributed by atoms with E-state index < -0.39 is 18.0 Å². The molecule has 1 saturated heterocycles. The van der Waals surface area contributed by atoms with Crippen molar-refractivity contribution in [3.05, 3.63) is 23.9 Å². The van der Waals surface area contributed by atoms with Crippen LogP contribution in [-0.4, -0.2) is 63.7 Å². The molecule has 3 aliphatic rings. The minimum absolute atomic E-state index is 0.0427. The number of carbonyl (C=O) groups is 4. The van der Waals surface area contributed by atoms with E-state index in [-0.39, 0.29) is 47.5 Å². The molecule has 5 amide bonds. The minimum Gasteiger partial charge on any atom is -0.474 e. The molecule has 1 aliphatic heterocycles. The molecule has 3 fully saturated rings. The number of carboxylic acid groups (broad SMARTS) is 1. The van der Waals surface area contributed by atoms with Crippen molar-refractivity contribution in [2.24, 2.45) is 11.1 Å². The lowest BCUT2D eigenvalue weighted by atomic mass is 9.52. The first-order valence-electron chi connectivity index (χ1n) is 10.3. The summed E-state index contributed by atoms with van der Waals surface area (Å²) in [4.78, 5) is 52.3. The summed E-state index contributed by atoms with van der Waals surface area (Å²) in [5.41, 5.74) is 5.65. The number of rotatable bonds is 8. The second kappa shape index (κ2) is 8.05. The van der Waals surface area contributed by atoms with Crippen molar-refractivity contribution in [2.45, 2.75) is 56.7 Å². The van der Waals surface area contributed by atoms with Gasteiger partial charge in [-0.1, -0.05) is 0 Å². The minimum atomic E-state index is -1.11. The van der Waals surface area contributed by atoms with Crippen LogP contribution in [0, 0.1) is 5.41 Å². The van der Waals surface area contributed by atoms with Gasteiger partial charge >= 0.3 is 12.1 Å². The van der Waals surface area contributed by atoms with E-state index in [1.54, 1.807) is 18.3 Å². The molecule has 11 nitrogen and oxygen atoms in total. The molecule has 2 heterocycles. The van der Waals surface area contributed by atoms with Crippen molar-refractivity contribution in [3.8, 4) is 5.88 Å². The summed E-state index contributed by atoms with van der Waals surface area (Å²) >= 11 is 0. The van der Waals surface area contributed by atoms with Gasteiger partial charge in [0.2, 0.25) is 5.88 Å². The molecule has 1 aromatic rings. The SMILES string of the molecule is NC(=O)c1cccnc1OC1CC2(C1)CC(N1C(=O)NC(CCCNC(=O)O)C1=O)C2. The van der Waals surface area contributed by atoms with E-state index in [4.69, 9.17) is 15.6 Å². The van der Waals surface area contributed by atoms with Crippen molar-refractivity contribution in [1.29, 1.82) is 0 Å². The van der Waals surface area contributed by atoms with Gasteiger partial charge in [-0.2, -0.15) is 0 Å². The Morgan fingerprint density at radius 2 is 2.06 bits per heavy atom. The average molecular weight is 431 g/mol. The summed E-state index contributed by atoms with van der Waals surface area (Å²) in [7, 11) is 0. The summed E-state index contributed by atoms with van der Waals surface area (Å²) in [5, 5.41) is 13.5. The summed E-state index contributed by atoms with van der Waals surface area (Å²) in [5.74, 6) is -0.598. The standard InChI is InChI=1S/C20H25N5O6/c21-15(26)13-3-1-5-22-16(13)31-12-9-20(10-12)7-11(8-20)25-17(27)14(24-18(25)28)4-2-6-23-19(29)30/h1,3,5,11-12,14,23H,2,4,6-10H2,(H2,21,26)(H,24,28)(H,29,30). The van der Waals surface area contributed by atoms with E-state index in [0.29, 0.717) is 12.8 Å². The van der Waals surface area contributed by atoms with Crippen molar-refractivity contribution in [3.63, 3.8) is 0 Å². The third kappa shape index (κ3) is 4.12.